The van der Waals surface area contributed by atoms with Crippen molar-refractivity contribution in [2.45, 2.75) is 39.5 Å². The molecule has 0 saturated heterocycles. The normalized spacial score (nSPS) is 11.4. The minimum atomic E-state index is -0.138. The number of ether oxygens (including phenoxy) is 1. The average molecular weight is 250 g/mol. The third-order valence-electron chi connectivity index (χ3n) is 2.88. The number of hydrogen-bond acceptors (Lipinski definition) is 3. The van der Waals surface area contributed by atoms with Crippen LogP contribution in [0.1, 0.15) is 48.7 Å². The zero-order chi connectivity index (χ0) is 13.9. The number of methoxy groups -OCH3 is 1. The van der Waals surface area contributed by atoms with E-state index < -0.39 is 0 Å². The third kappa shape index (κ3) is 3.10. The van der Waals surface area contributed by atoms with Crippen LogP contribution in [-0.4, -0.2) is 24.6 Å². The maximum Gasteiger partial charge on any atom is 0.168 e. The Morgan fingerprint density at radius 3 is 2.39 bits per heavy atom. The Labute approximate surface area is 109 Å². The van der Waals surface area contributed by atoms with Crippen molar-refractivity contribution in [3.05, 3.63) is 28.8 Å². The van der Waals surface area contributed by atoms with E-state index in [2.05, 4.69) is 26.8 Å². The summed E-state index contributed by atoms with van der Waals surface area (Å²) >= 11 is 0. The van der Waals surface area contributed by atoms with E-state index in [0.717, 1.165) is 11.1 Å². The summed E-state index contributed by atoms with van der Waals surface area (Å²) in [6.07, 6.45) is 0.128. The molecule has 0 amide bonds. The van der Waals surface area contributed by atoms with Gasteiger partial charge in [-0.2, -0.15) is 0 Å². The fourth-order valence-electron chi connectivity index (χ4n) is 1.99. The third-order valence-corrected chi connectivity index (χ3v) is 2.88. The van der Waals surface area contributed by atoms with Crippen LogP contribution >= 0.6 is 0 Å². The first-order valence-electron chi connectivity index (χ1n) is 6.14. The lowest BCUT2D eigenvalue weighted by Crippen LogP contribution is -2.16. The van der Waals surface area contributed by atoms with Gasteiger partial charge in [0.2, 0.25) is 0 Å². The molecule has 100 valence electrons. The lowest BCUT2D eigenvalue weighted by Gasteiger charge is -2.24. The molecule has 0 spiro atoms. The molecule has 0 heterocycles. The summed E-state index contributed by atoms with van der Waals surface area (Å²) in [5.41, 5.74) is 2.52. The second-order valence-electron chi connectivity index (χ2n) is 5.54. The molecule has 18 heavy (non-hydrogen) atoms. The van der Waals surface area contributed by atoms with Crippen molar-refractivity contribution in [2.75, 3.05) is 13.7 Å². The molecule has 3 heteroatoms. The maximum atomic E-state index is 12.0. The number of aryl methyl sites for hydroxylation is 1. The standard InChI is InChI=1S/C15H22O3/c1-10-8-11(13(17)6-7-16)14(18-5)12(9-10)15(2,3)4/h8-9,16H,6-7H2,1-5H3. The Balaban J connectivity index is 3.43. The average Bonchev–Trinajstić information content (AvgIpc) is 2.27. The van der Waals surface area contributed by atoms with Crippen molar-refractivity contribution in [1.82, 2.24) is 0 Å². The van der Waals surface area contributed by atoms with Crippen LogP contribution in [0, 0.1) is 6.92 Å². The van der Waals surface area contributed by atoms with Crippen LogP contribution in [0.4, 0.5) is 0 Å². The molecule has 0 aliphatic heterocycles. The molecule has 0 atom stereocenters. The summed E-state index contributed by atoms with van der Waals surface area (Å²) in [6, 6.07) is 3.88. The summed E-state index contributed by atoms with van der Waals surface area (Å²) in [4.78, 5) is 12.0. The van der Waals surface area contributed by atoms with Crippen LogP contribution in [0.3, 0.4) is 0 Å². The molecule has 0 saturated carbocycles. The second-order valence-corrected chi connectivity index (χ2v) is 5.54. The number of Topliss-reactive ketones (excluding diaryl/α,β-unsaturated/α-hetero) is 1. The Hall–Kier alpha value is -1.35. The van der Waals surface area contributed by atoms with E-state index in [0.29, 0.717) is 11.3 Å². The van der Waals surface area contributed by atoms with E-state index in [9.17, 15) is 4.79 Å². The molecule has 1 aromatic carbocycles. The number of hydrogen-bond donors (Lipinski definition) is 1. The van der Waals surface area contributed by atoms with Crippen LogP contribution in [0.2, 0.25) is 0 Å². The predicted octanol–water partition coefficient (Wildman–Crippen LogP) is 2.87. The fourth-order valence-corrected chi connectivity index (χ4v) is 1.99. The monoisotopic (exact) mass is 250 g/mol. The van der Waals surface area contributed by atoms with Crippen molar-refractivity contribution in [3.63, 3.8) is 0 Å². The van der Waals surface area contributed by atoms with E-state index in [-0.39, 0.29) is 24.2 Å². The minimum Gasteiger partial charge on any atom is -0.496 e. The van der Waals surface area contributed by atoms with Gasteiger partial charge in [-0.05, 0) is 24.0 Å². The molecule has 0 fully saturated rings. The minimum absolute atomic E-state index is 0.0800. The van der Waals surface area contributed by atoms with Gasteiger partial charge < -0.3 is 9.84 Å². The zero-order valence-corrected chi connectivity index (χ0v) is 11.8. The number of carbonyl (C=O) groups excluding carboxylic acids is 1. The van der Waals surface area contributed by atoms with E-state index >= 15 is 0 Å². The highest BCUT2D eigenvalue weighted by Crippen LogP contribution is 2.35. The Bertz CT molecular complexity index is 442. The molecule has 1 N–H and O–H groups in total. The van der Waals surface area contributed by atoms with Gasteiger partial charge in [-0.15, -0.1) is 0 Å². The molecular weight excluding hydrogens is 228 g/mol. The molecule has 0 radical (unpaired) electrons. The lowest BCUT2D eigenvalue weighted by molar-refractivity contribution is 0.0953. The van der Waals surface area contributed by atoms with Gasteiger partial charge in [-0.3, -0.25) is 4.79 Å². The van der Waals surface area contributed by atoms with Gasteiger partial charge in [0.05, 0.1) is 19.3 Å². The highest BCUT2D eigenvalue weighted by atomic mass is 16.5. The SMILES string of the molecule is COc1c(C(=O)CCO)cc(C)cc1C(C)(C)C. The van der Waals surface area contributed by atoms with E-state index in [1.807, 2.05) is 13.0 Å². The number of carbonyl (C=O) groups is 1. The number of aliphatic hydroxyl groups excluding tert-OH is 1. The molecule has 0 unspecified atom stereocenters. The number of benzene rings is 1. The van der Waals surface area contributed by atoms with Crippen molar-refractivity contribution in [2.24, 2.45) is 0 Å². The van der Waals surface area contributed by atoms with Crippen LogP contribution in [0.15, 0.2) is 12.1 Å². The molecule has 1 aromatic rings. The van der Waals surface area contributed by atoms with Gasteiger partial charge in [-0.1, -0.05) is 26.8 Å². The summed E-state index contributed by atoms with van der Waals surface area (Å²) in [7, 11) is 1.58. The van der Waals surface area contributed by atoms with Crippen molar-refractivity contribution in [1.29, 1.82) is 0 Å². The summed E-state index contributed by atoms with van der Waals surface area (Å²) in [5.74, 6) is 0.551. The van der Waals surface area contributed by atoms with Crippen molar-refractivity contribution in [3.8, 4) is 5.75 Å². The highest BCUT2D eigenvalue weighted by Gasteiger charge is 2.24. The Morgan fingerprint density at radius 1 is 1.33 bits per heavy atom. The van der Waals surface area contributed by atoms with Gasteiger partial charge in [0, 0.05) is 12.0 Å². The molecule has 0 aromatic heterocycles. The predicted molar refractivity (Wildman–Crippen MR) is 72.5 cm³/mol. The van der Waals surface area contributed by atoms with Crippen LogP contribution in [-0.2, 0) is 5.41 Å². The Morgan fingerprint density at radius 2 is 1.94 bits per heavy atom. The highest BCUT2D eigenvalue weighted by molar-refractivity contribution is 5.99. The van der Waals surface area contributed by atoms with Crippen LogP contribution in [0.5, 0.6) is 5.75 Å². The maximum absolute atomic E-state index is 12.0. The number of aliphatic hydroxyl groups is 1. The number of ketones is 1. The summed E-state index contributed by atoms with van der Waals surface area (Å²) in [5, 5.41) is 8.90. The Kier molecular flexibility index (Phi) is 4.52. The zero-order valence-electron chi connectivity index (χ0n) is 11.8. The molecule has 3 nitrogen and oxygen atoms in total. The molecule has 0 aliphatic rings. The molecule has 1 rings (SSSR count). The van der Waals surface area contributed by atoms with E-state index in [1.165, 1.54) is 0 Å². The largest absolute Gasteiger partial charge is 0.496 e. The summed E-state index contributed by atoms with van der Waals surface area (Å²) < 4.78 is 5.42. The van der Waals surface area contributed by atoms with Gasteiger partial charge in [0.25, 0.3) is 0 Å². The van der Waals surface area contributed by atoms with Crippen LogP contribution in [0.25, 0.3) is 0 Å². The van der Waals surface area contributed by atoms with Crippen molar-refractivity contribution < 1.29 is 14.6 Å². The topological polar surface area (TPSA) is 46.5 Å². The van der Waals surface area contributed by atoms with Gasteiger partial charge in [-0.25, -0.2) is 0 Å². The fraction of sp³-hybridized carbons (Fsp3) is 0.533. The summed E-state index contributed by atoms with van der Waals surface area (Å²) in [6.45, 7) is 8.09. The smallest absolute Gasteiger partial charge is 0.168 e. The lowest BCUT2D eigenvalue weighted by atomic mass is 9.83. The second kappa shape index (κ2) is 5.53. The van der Waals surface area contributed by atoms with Crippen molar-refractivity contribution >= 4 is 5.78 Å². The number of rotatable bonds is 4. The molecule has 0 bridgehead atoms. The first-order chi connectivity index (χ1) is 8.31. The van der Waals surface area contributed by atoms with Gasteiger partial charge in [0.1, 0.15) is 5.75 Å². The van der Waals surface area contributed by atoms with Gasteiger partial charge >= 0.3 is 0 Å². The molecular formula is C15H22O3. The first kappa shape index (κ1) is 14.7. The molecule has 0 aliphatic carbocycles. The quantitative estimate of drug-likeness (QED) is 0.836. The first-order valence-corrected chi connectivity index (χ1v) is 6.14. The van der Waals surface area contributed by atoms with Gasteiger partial charge in [0.15, 0.2) is 5.78 Å². The van der Waals surface area contributed by atoms with Crippen LogP contribution < -0.4 is 4.74 Å². The van der Waals surface area contributed by atoms with E-state index in [4.69, 9.17) is 9.84 Å². The van der Waals surface area contributed by atoms with E-state index in [1.54, 1.807) is 7.11 Å².